The molecule has 1 saturated heterocycles. The Morgan fingerprint density at radius 1 is 1.29 bits per heavy atom. The van der Waals surface area contributed by atoms with E-state index in [0.29, 0.717) is 6.42 Å². The highest BCUT2D eigenvalue weighted by Crippen LogP contribution is 2.17. The van der Waals surface area contributed by atoms with E-state index in [2.05, 4.69) is 15.5 Å². The van der Waals surface area contributed by atoms with Gasteiger partial charge in [-0.25, -0.2) is 4.79 Å². The first-order valence-electron chi connectivity index (χ1n) is 7.75. The number of urea groups is 1. The Bertz CT molecular complexity index is 405. The van der Waals surface area contributed by atoms with Crippen molar-refractivity contribution < 1.29 is 14.7 Å². The summed E-state index contributed by atoms with van der Waals surface area (Å²) in [6.45, 7) is 5.09. The Balaban J connectivity index is 1.67. The number of nitrogens with zero attached hydrogens (tertiary/aromatic N) is 1. The Morgan fingerprint density at radius 3 is 2.62 bits per heavy atom. The summed E-state index contributed by atoms with van der Waals surface area (Å²) in [5.74, 6) is -1.32. The summed E-state index contributed by atoms with van der Waals surface area (Å²) in [6.07, 6.45) is 7.61. The van der Waals surface area contributed by atoms with Gasteiger partial charge in [0, 0.05) is 12.6 Å². The predicted molar refractivity (Wildman–Crippen MR) is 80.1 cm³/mol. The van der Waals surface area contributed by atoms with Crippen LogP contribution in [0.3, 0.4) is 0 Å². The van der Waals surface area contributed by atoms with Crippen LogP contribution >= 0.6 is 0 Å². The molecule has 3 atom stereocenters. The van der Waals surface area contributed by atoms with Crippen LogP contribution in [0.4, 0.5) is 4.79 Å². The SMILES string of the molecule is CC(CN1CCCCC1)NC(=O)NC1C=CC(C(=O)O)C1. The highest BCUT2D eigenvalue weighted by molar-refractivity contribution is 5.76. The number of likely N-dealkylation sites (tertiary alicyclic amines) is 1. The minimum absolute atomic E-state index is 0.0868. The van der Waals surface area contributed by atoms with Crippen molar-refractivity contribution in [1.82, 2.24) is 15.5 Å². The van der Waals surface area contributed by atoms with E-state index in [1.807, 2.05) is 6.92 Å². The van der Waals surface area contributed by atoms with E-state index in [1.165, 1.54) is 19.3 Å². The minimum Gasteiger partial charge on any atom is -0.481 e. The second kappa shape index (κ2) is 7.45. The number of carbonyl (C=O) groups is 2. The van der Waals surface area contributed by atoms with E-state index >= 15 is 0 Å². The van der Waals surface area contributed by atoms with Crippen molar-refractivity contribution in [2.24, 2.45) is 5.92 Å². The number of nitrogens with one attached hydrogen (secondary N) is 2. The summed E-state index contributed by atoms with van der Waals surface area (Å²) in [4.78, 5) is 25.1. The number of carboxylic acids is 1. The number of hydrogen-bond acceptors (Lipinski definition) is 3. The van der Waals surface area contributed by atoms with Crippen molar-refractivity contribution >= 4 is 12.0 Å². The Labute approximate surface area is 125 Å². The molecule has 0 spiro atoms. The molecule has 0 aromatic carbocycles. The van der Waals surface area contributed by atoms with Gasteiger partial charge in [-0.3, -0.25) is 4.79 Å². The molecule has 6 nitrogen and oxygen atoms in total. The quantitative estimate of drug-likeness (QED) is 0.665. The number of aliphatic carboxylic acids is 1. The maximum atomic E-state index is 11.9. The zero-order valence-corrected chi connectivity index (χ0v) is 12.5. The van der Waals surface area contributed by atoms with Crippen molar-refractivity contribution in [3.8, 4) is 0 Å². The van der Waals surface area contributed by atoms with Crippen molar-refractivity contribution in [3.63, 3.8) is 0 Å². The van der Waals surface area contributed by atoms with Crippen molar-refractivity contribution in [3.05, 3.63) is 12.2 Å². The number of amides is 2. The van der Waals surface area contributed by atoms with Gasteiger partial charge in [-0.1, -0.05) is 18.6 Å². The summed E-state index contributed by atoms with van der Waals surface area (Å²) in [7, 11) is 0. The fraction of sp³-hybridized carbons (Fsp3) is 0.733. The molecule has 1 aliphatic carbocycles. The minimum atomic E-state index is -0.838. The molecule has 21 heavy (non-hydrogen) atoms. The number of carbonyl (C=O) groups excluding carboxylic acids is 1. The lowest BCUT2D eigenvalue weighted by Gasteiger charge is -2.29. The molecule has 1 aliphatic heterocycles. The summed E-state index contributed by atoms with van der Waals surface area (Å²) in [6, 6.07) is -0.322. The van der Waals surface area contributed by atoms with Crippen LogP contribution in [0.25, 0.3) is 0 Å². The average Bonchev–Trinajstić information content (AvgIpc) is 2.88. The number of rotatable bonds is 5. The molecule has 118 valence electrons. The lowest BCUT2D eigenvalue weighted by molar-refractivity contribution is -0.140. The zero-order valence-electron chi connectivity index (χ0n) is 12.5. The van der Waals surface area contributed by atoms with Crippen molar-refractivity contribution in [2.75, 3.05) is 19.6 Å². The van der Waals surface area contributed by atoms with Crippen LogP contribution in [-0.4, -0.2) is 53.7 Å². The van der Waals surface area contributed by atoms with E-state index in [4.69, 9.17) is 5.11 Å². The molecule has 0 radical (unpaired) electrons. The fourth-order valence-electron chi connectivity index (χ4n) is 3.00. The maximum absolute atomic E-state index is 11.9. The third-order valence-electron chi connectivity index (χ3n) is 4.08. The second-order valence-corrected chi connectivity index (χ2v) is 6.05. The molecule has 6 heteroatoms. The molecule has 1 heterocycles. The summed E-state index contributed by atoms with van der Waals surface area (Å²) < 4.78 is 0. The van der Waals surface area contributed by atoms with E-state index in [0.717, 1.165) is 19.6 Å². The van der Waals surface area contributed by atoms with Gasteiger partial charge in [-0.2, -0.15) is 0 Å². The molecule has 2 rings (SSSR count). The highest BCUT2D eigenvalue weighted by Gasteiger charge is 2.25. The van der Waals surface area contributed by atoms with Gasteiger partial charge in [0.2, 0.25) is 0 Å². The zero-order chi connectivity index (χ0) is 15.2. The van der Waals surface area contributed by atoms with E-state index in [-0.39, 0.29) is 18.1 Å². The third-order valence-corrected chi connectivity index (χ3v) is 4.08. The van der Waals surface area contributed by atoms with Crippen LogP contribution in [0.15, 0.2) is 12.2 Å². The average molecular weight is 295 g/mol. The molecule has 1 fully saturated rings. The van der Waals surface area contributed by atoms with Crippen LogP contribution in [-0.2, 0) is 4.79 Å². The Kier molecular flexibility index (Phi) is 5.61. The lowest BCUT2D eigenvalue weighted by atomic mass is 10.1. The summed E-state index contributed by atoms with van der Waals surface area (Å²) >= 11 is 0. The van der Waals surface area contributed by atoms with Gasteiger partial charge >= 0.3 is 12.0 Å². The molecule has 3 N–H and O–H groups in total. The van der Waals surface area contributed by atoms with E-state index < -0.39 is 11.9 Å². The first-order chi connectivity index (χ1) is 10.0. The fourth-order valence-corrected chi connectivity index (χ4v) is 3.00. The van der Waals surface area contributed by atoms with Crippen LogP contribution < -0.4 is 10.6 Å². The molecule has 0 aromatic rings. The first kappa shape index (κ1) is 15.8. The number of carboxylic acid groups (broad SMARTS) is 1. The largest absolute Gasteiger partial charge is 0.481 e. The Hall–Kier alpha value is -1.56. The smallest absolute Gasteiger partial charge is 0.315 e. The maximum Gasteiger partial charge on any atom is 0.315 e. The van der Waals surface area contributed by atoms with Gasteiger partial charge in [0.15, 0.2) is 0 Å². The van der Waals surface area contributed by atoms with Crippen LogP contribution in [0, 0.1) is 5.92 Å². The van der Waals surface area contributed by atoms with E-state index in [9.17, 15) is 9.59 Å². The monoisotopic (exact) mass is 295 g/mol. The molecule has 3 unspecified atom stereocenters. The van der Waals surface area contributed by atoms with Gasteiger partial charge in [0.25, 0.3) is 0 Å². The Morgan fingerprint density at radius 2 is 2.00 bits per heavy atom. The molecule has 2 amide bonds. The molecule has 0 saturated carbocycles. The van der Waals surface area contributed by atoms with Gasteiger partial charge in [-0.05, 0) is 39.3 Å². The lowest BCUT2D eigenvalue weighted by Crippen LogP contribution is -2.49. The molecular weight excluding hydrogens is 270 g/mol. The molecule has 0 aromatic heterocycles. The number of piperidine rings is 1. The van der Waals surface area contributed by atoms with Crippen molar-refractivity contribution in [1.29, 1.82) is 0 Å². The third kappa shape index (κ3) is 5.04. The van der Waals surface area contributed by atoms with Crippen LogP contribution in [0.5, 0.6) is 0 Å². The standard InChI is InChI=1S/C15H25N3O3/c1-11(10-18-7-3-2-4-8-18)16-15(21)17-13-6-5-12(9-13)14(19)20/h5-6,11-13H,2-4,7-10H2,1H3,(H,19,20)(H2,16,17,21). The van der Waals surface area contributed by atoms with Gasteiger partial charge < -0.3 is 20.6 Å². The molecule has 2 aliphatic rings. The molecule has 0 bridgehead atoms. The number of hydrogen-bond donors (Lipinski definition) is 3. The van der Waals surface area contributed by atoms with Crippen LogP contribution in [0.1, 0.15) is 32.6 Å². The van der Waals surface area contributed by atoms with Gasteiger partial charge in [0.05, 0.1) is 12.0 Å². The summed E-state index contributed by atoms with van der Waals surface area (Å²) in [5.41, 5.74) is 0. The first-order valence-corrected chi connectivity index (χ1v) is 7.75. The van der Waals surface area contributed by atoms with Gasteiger partial charge in [-0.15, -0.1) is 0 Å². The topological polar surface area (TPSA) is 81.7 Å². The predicted octanol–water partition coefficient (Wildman–Crippen LogP) is 1.19. The van der Waals surface area contributed by atoms with Gasteiger partial charge in [0.1, 0.15) is 0 Å². The highest BCUT2D eigenvalue weighted by atomic mass is 16.4. The second-order valence-electron chi connectivity index (χ2n) is 6.05. The van der Waals surface area contributed by atoms with Crippen LogP contribution in [0.2, 0.25) is 0 Å². The van der Waals surface area contributed by atoms with E-state index in [1.54, 1.807) is 12.2 Å². The van der Waals surface area contributed by atoms with Crippen molar-refractivity contribution in [2.45, 2.75) is 44.7 Å². The molecular formula is C15H25N3O3. The summed E-state index contributed by atoms with van der Waals surface area (Å²) in [5, 5.41) is 14.6. The normalized spacial score (nSPS) is 27.3.